The summed E-state index contributed by atoms with van der Waals surface area (Å²) in [7, 11) is 0. The number of hydrogen-bond donors (Lipinski definition) is 0. The molecule has 4 aliphatic rings. The van der Waals surface area contributed by atoms with E-state index in [-0.39, 0.29) is 0 Å². The monoisotopic (exact) mass is 453 g/mol. The second-order valence-electron chi connectivity index (χ2n) is 12.8. The van der Waals surface area contributed by atoms with Crippen LogP contribution in [0.1, 0.15) is 104 Å². The zero-order valence-corrected chi connectivity index (χ0v) is 21.8. The highest BCUT2D eigenvalue weighted by molar-refractivity contribution is 6.29. The van der Waals surface area contributed by atoms with Gasteiger partial charge in [-0.3, -0.25) is 0 Å². The third-order valence-corrected chi connectivity index (χ3v) is 11.0. The molecule has 2 saturated carbocycles. The fourth-order valence-corrected chi connectivity index (χ4v) is 9.31. The highest BCUT2D eigenvalue weighted by Crippen LogP contribution is 2.68. The maximum absolute atomic E-state index is 6.23. The van der Waals surface area contributed by atoms with Crippen molar-refractivity contribution in [3.8, 4) is 0 Å². The van der Waals surface area contributed by atoms with E-state index < -0.39 is 0 Å². The van der Waals surface area contributed by atoms with Gasteiger partial charge in [-0.15, -0.1) is 0 Å². The van der Waals surface area contributed by atoms with Crippen molar-refractivity contribution in [1.29, 1.82) is 0 Å². The topological polar surface area (TPSA) is 12.9 Å². The molecule has 1 nitrogen and oxygen atoms in total. The van der Waals surface area contributed by atoms with Crippen LogP contribution in [0.4, 0.5) is 0 Å². The van der Waals surface area contributed by atoms with Crippen LogP contribution in [0, 0.1) is 46.3 Å². The molecule has 176 valence electrons. The summed E-state index contributed by atoms with van der Waals surface area (Å²) in [5, 5.41) is 0.648. The van der Waals surface area contributed by atoms with E-state index in [0.29, 0.717) is 16.0 Å². The molecular weight excluding hydrogens is 410 g/mol. The second-order valence-corrected chi connectivity index (χ2v) is 13.2. The Bertz CT molecular complexity index is 887. The van der Waals surface area contributed by atoms with E-state index in [1.807, 2.05) is 6.07 Å². The molecule has 32 heavy (non-hydrogen) atoms. The average molecular weight is 454 g/mol. The van der Waals surface area contributed by atoms with Gasteiger partial charge in [0, 0.05) is 5.69 Å². The van der Waals surface area contributed by atoms with Crippen molar-refractivity contribution in [2.45, 2.75) is 98.8 Å². The molecule has 0 aromatic carbocycles. The average Bonchev–Trinajstić information content (AvgIpc) is 3.10. The Balaban J connectivity index is 1.38. The van der Waals surface area contributed by atoms with Crippen LogP contribution in [0.5, 0.6) is 0 Å². The lowest BCUT2D eigenvalue weighted by Gasteiger charge is -2.58. The zero-order valence-electron chi connectivity index (χ0n) is 21.1. The molecule has 0 unspecified atom stereocenters. The van der Waals surface area contributed by atoms with Crippen LogP contribution < -0.4 is 0 Å². The van der Waals surface area contributed by atoms with Crippen LogP contribution in [0.2, 0.25) is 5.15 Å². The Morgan fingerprint density at radius 3 is 2.62 bits per heavy atom. The van der Waals surface area contributed by atoms with Crippen LogP contribution in [-0.4, -0.2) is 4.98 Å². The number of hydrogen-bond acceptors (Lipinski definition) is 1. The van der Waals surface area contributed by atoms with Gasteiger partial charge in [0.15, 0.2) is 0 Å². The molecule has 0 N–H and O–H groups in total. The highest BCUT2D eigenvalue weighted by Gasteiger charge is 2.59. The minimum atomic E-state index is 0.327. The van der Waals surface area contributed by atoms with Gasteiger partial charge < -0.3 is 0 Å². The first-order valence-corrected chi connectivity index (χ1v) is 14.0. The predicted molar refractivity (Wildman–Crippen MR) is 137 cm³/mol. The van der Waals surface area contributed by atoms with Crippen LogP contribution in [0.3, 0.4) is 0 Å². The van der Waals surface area contributed by atoms with Crippen molar-refractivity contribution < 1.29 is 0 Å². The molecule has 4 aliphatic carbocycles. The smallest absolute Gasteiger partial charge is 0.129 e. The number of allylic oxidation sites excluding steroid dienone is 2. The fourth-order valence-electron chi connectivity index (χ4n) is 9.14. The van der Waals surface area contributed by atoms with Gasteiger partial charge in [0.25, 0.3) is 0 Å². The molecular formula is C30H44ClN. The van der Waals surface area contributed by atoms with Crippen molar-refractivity contribution in [1.82, 2.24) is 4.98 Å². The van der Waals surface area contributed by atoms with Gasteiger partial charge >= 0.3 is 0 Å². The van der Waals surface area contributed by atoms with Gasteiger partial charge in [-0.1, -0.05) is 71.6 Å². The Hall–Kier alpha value is -0.820. The van der Waals surface area contributed by atoms with Gasteiger partial charge in [0.05, 0.1) is 0 Å². The van der Waals surface area contributed by atoms with Crippen LogP contribution in [-0.2, 0) is 6.42 Å². The predicted octanol–water partition coefficient (Wildman–Crippen LogP) is 9.00. The van der Waals surface area contributed by atoms with Crippen molar-refractivity contribution in [3.63, 3.8) is 0 Å². The molecule has 1 heterocycles. The van der Waals surface area contributed by atoms with E-state index in [2.05, 4.69) is 46.8 Å². The molecule has 7 atom stereocenters. The largest absolute Gasteiger partial charge is 0.241 e. The molecule has 5 rings (SSSR count). The Morgan fingerprint density at radius 1 is 1.03 bits per heavy atom. The number of aromatic nitrogens is 1. The van der Waals surface area contributed by atoms with E-state index in [4.69, 9.17) is 16.6 Å². The van der Waals surface area contributed by atoms with Crippen LogP contribution in [0.15, 0.2) is 18.2 Å². The molecule has 1 aromatic rings. The maximum atomic E-state index is 6.23. The lowest BCUT2D eigenvalue weighted by atomic mass is 9.47. The SMILES string of the molecule is CC(C)CCC[C@@H](C)[C@H]1CC[C@H]2[C@@H]3CC=C4c5ccc(Cl)nc5CC[C@]4(C)[C@H]3CC[C@]12C. The summed E-state index contributed by atoms with van der Waals surface area (Å²) in [6.45, 7) is 12.6. The molecule has 0 saturated heterocycles. The number of fused-ring (bicyclic) bond motifs is 7. The summed E-state index contributed by atoms with van der Waals surface area (Å²) in [4.78, 5) is 4.69. The number of pyridine rings is 1. The van der Waals surface area contributed by atoms with Crippen molar-refractivity contribution >= 4 is 17.2 Å². The normalized spacial score (nSPS) is 39.0. The van der Waals surface area contributed by atoms with Gasteiger partial charge in [-0.25, -0.2) is 4.98 Å². The molecule has 0 aliphatic heterocycles. The van der Waals surface area contributed by atoms with Crippen molar-refractivity contribution in [2.75, 3.05) is 0 Å². The molecule has 2 heteroatoms. The standard InChI is InChI=1S/C30H44ClN/c1-19(2)7-6-8-20(3)23-12-13-24-21-9-11-25-22-10-14-28(31)32-27(22)16-18-30(25,5)26(21)15-17-29(23,24)4/h10-11,14,19-21,23-24,26H,6-9,12-13,15-18H2,1-5H3/t20-,21+,23-,24+,26+,29-,30+/m1/s1. The molecule has 0 amide bonds. The fraction of sp³-hybridized carbons (Fsp3) is 0.767. The van der Waals surface area contributed by atoms with E-state index >= 15 is 0 Å². The number of rotatable bonds is 5. The van der Waals surface area contributed by atoms with Crippen LogP contribution in [0.25, 0.3) is 5.57 Å². The number of nitrogens with zero attached hydrogens (tertiary/aromatic N) is 1. The maximum Gasteiger partial charge on any atom is 0.129 e. The minimum absolute atomic E-state index is 0.327. The summed E-state index contributed by atoms with van der Waals surface area (Å²) in [5.74, 6) is 5.34. The molecule has 0 radical (unpaired) electrons. The summed E-state index contributed by atoms with van der Waals surface area (Å²) in [6, 6.07) is 4.25. The van der Waals surface area contributed by atoms with Gasteiger partial charge in [-0.2, -0.15) is 0 Å². The Labute approximate surface area is 201 Å². The molecule has 0 bridgehead atoms. The Morgan fingerprint density at radius 2 is 1.84 bits per heavy atom. The number of aryl methyl sites for hydroxylation is 1. The quantitative estimate of drug-likeness (QED) is 0.405. The summed E-state index contributed by atoms with van der Waals surface area (Å²) >= 11 is 6.23. The Kier molecular flexibility index (Phi) is 6.05. The number of halogens is 1. The zero-order chi connectivity index (χ0) is 22.7. The first kappa shape index (κ1) is 22.9. The summed E-state index contributed by atoms with van der Waals surface area (Å²) < 4.78 is 0. The van der Waals surface area contributed by atoms with Gasteiger partial charge in [-0.05, 0) is 115 Å². The van der Waals surface area contributed by atoms with E-state index in [1.54, 1.807) is 5.57 Å². The first-order chi connectivity index (χ1) is 15.2. The third kappa shape index (κ3) is 3.60. The third-order valence-electron chi connectivity index (χ3n) is 10.8. The first-order valence-electron chi connectivity index (χ1n) is 13.6. The molecule has 0 spiro atoms. The minimum Gasteiger partial charge on any atom is -0.241 e. The second kappa shape index (κ2) is 8.44. The molecule has 1 aromatic heterocycles. The van der Waals surface area contributed by atoms with Crippen molar-refractivity contribution in [3.05, 3.63) is 34.6 Å². The lowest BCUT2D eigenvalue weighted by molar-refractivity contribution is -0.0393. The van der Waals surface area contributed by atoms with E-state index in [0.717, 1.165) is 41.9 Å². The summed E-state index contributed by atoms with van der Waals surface area (Å²) in [5.41, 5.74) is 5.13. The van der Waals surface area contributed by atoms with Crippen molar-refractivity contribution in [2.24, 2.45) is 46.3 Å². The van der Waals surface area contributed by atoms with Gasteiger partial charge in [0.2, 0.25) is 0 Å². The van der Waals surface area contributed by atoms with E-state index in [1.165, 1.54) is 69.0 Å². The molecule has 2 fully saturated rings. The summed E-state index contributed by atoms with van der Waals surface area (Å²) in [6.07, 6.45) is 16.3. The lowest BCUT2D eigenvalue weighted by Crippen LogP contribution is -2.50. The van der Waals surface area contributed by atoms with Gasteiger partial charge in [0.1, 0.15) is 5.15 Å². The van der Waals surface area contributed by atoms with E-state index in [9.17, 15) is 0 Å². The van der Waals surface area contributed by atoms with Crippen LogP contribution >= 0.6 is 11.6 Å². The highest BCUT2D eigenvalue weighted by atomic mass is 35.5.